The van der Waals surface area contributed by atoms with E-state index in [1.807, 2.05) is 0 Å². The summed E-state index contributed by atoms with van der Waals surface area (Å²) in [6.45, 7) is 4.43. The number of hydrogen-bond acceptors (Lipinski definition) is 2. The Bertz CT molecular complexity index is 420. The van der Waals surface area contributed by atoms with Crippen molar-refractivity contribution in [1.29, 1.82) is 0 Å². The molecule has 0 fully saturated rings. The molecular formula is C13H20N2S. The molecule has 1 aliphatic rings. The van der Waals surface area contributed by atoms with Gasteiger partial charge in [-0.2, -0.15) is 0 Å². The van der Waals surface area contributed by atoms with Crippen LogP contribution < -0.4 is 0 Å². The van der Waals surface area contributed by atoms with E-state index in [-0.39, 0.29) is 0 Å². The maximum Gasteiger partial charge on any atom is 0.133 e. The van der Waals surface area contributed by atoms with Gasteiger partial charge in [0.15, 0.2) is 0 Å². The summed E-state index contributed by atoms with van der Waals surface area (Å²) in [5.41, 5.74) is 2.66. The summed E-state index contributed by atoms with van der Waals surface area (Å²) in [7, 11) is 0. The van der Waals surface area contributed by atoms with E-state index in [0.717, 1.165) is 29.7 Å². The highest BCUT2D eigenvalue weighted by molar-refractivity contribution is 7.71. The number of nitrogens with zero attached hydrogens (tertiary/aromatic N) is 1. The first-order chi connectivity index (χ1) is 7.66. The molecule has 88 valence electrons. The second kappa shape index (κ2) is 5.09. The van der Waals surface area contributed by atoms with Gasteiger partial charge in [0.1, 0.15) is 10.5 Å². The quantitative estimate of drug-likeness (QED) is 0.628. The third kappa shape index (κ3) is 2.70. The largest absolute Gasteiger partial charge is 0.347 e. The predicted molar refractivity (Wildman–Crippen MR) is 69.2 cm³/mol. The van der Waals surface area contributed by atoms with Crippen molar-refractivity contribution in [2.75, 3.05) is 0 Å². The van der Waals surface area contributed by atoms with Crippen molar-refractivity contribution in [3.63, 3.8) is 0 Å². The topological polar surface area (TPSA) is 28.7 Å². The first kappa shape index (κ1) is 11.8. The lowest BCUT2D eigenvalue weighted by atomic mass is 10.1. The van der Waals surface area contributed by atoms with Crippen molar-refractivity contribution in [2.24, 2.45) is 5.92 Å². The number of fused-ring (bicyclic) bond motifs is 1. The van der Waals surface area contributed by atoms with E-state index >= 15 is 0 Å². The number of aryl methyl sites for hydroxylation is 1. The highest BCUT2D eigenvalue weighted by Gasteiger charge is 2.12. The Labute approximate surface area is 103 Å². The molecule has 1 heterocycles. The van der Waals surface area contributed by atoms with Crippen LogP contribution in [0.2, 0.25) is 0 Å². The molecule has 0 unspecified atom stereocenters. The Hall–Kier alpha value is -0.700. The lowest BCUT2D eigenvalue weighted by molar-refractivity contribution is 0.614. The number of aromatic nitrogens is 2. The molecule has 0 bridgehead atoms. The van der Waals surface area contributed by atoms with Gasteiger partial charge in [0.05, 0.1) is 0 Å². The highest BCUT2D eigenvalue weighted by Crippen LogP contribution is 2.20. The summed E-state index contributed by atoms with van der Waals surface area (Å²) in [5, 5.41) is 0. The van der Waals surface area contributed by atoms with E-state index in [2.05, 4.69) is 23.8 Å². The Morgan fingerprint density at radius 1 is 1.25 bits per heavy atom. The van der Waals surface area contributed by atoms with Crippen LogP contribution in [0, 0.1) is 10.6 Å². The van der Waals surface area contributed by atoms with Gasteiger partial charge in [-0.3, -0.25) is 0 Å². The number of aromatic amines is 1. The van der Waals surface area contributed by atoms with Gasteiger partial charge in [0, 0.05) is 17.7 Å². The van der Waals surface area contributed by atoms with Gasteiger partial charge in [-0.25, -0.2) is 4.98 Å². The molecule has 1 aliphatic carbocycles. The van der Waals surface area contributed by atoms with Gasteiger partial charge in [-0.15, -0.1) is 0 Å². The van der Waals surface area contributed by atoms with E-state index < -0.39 is 0 Å². The van der Waals surface area contributed by atoms with E-state index in [0.29, 0.717) is 5.92 Å². The number of hydrogen-bond donors (Lipinski definition) is 1. The minimum Gasteiger partial charge on any atom is -0.347 e. The van der Waals surface area contributed by atoms with Crippen LogP contribution in [0.1, 0.15) is 50.2 Å². The third-order valence-corrected chi connectivity index (χ3v) is 3.45. The molecule has 0 atom stereocenters. The normalized spacial score (nSPS) is 15.9. The molecule has 0 saturated heterocycles. The molecule has 2 nitrogen and oxygen atoms in total. The molecule has 1 aromatic heterocycles. The maximum absolute atomic E-state index is 5.41. The van der Waals surface area contributed by atoms with Crippen molar-refractivity contribution in [1.82, 2.24) is 9.97 Å². The minimum absolute atomic E-state index is 0.627. The molecule has 0 spiro atoms. The molecule has 0 aromatic carbocycles. The lowest BCUT2D eigenvalue weighted by Gasteiger charge is -2.10. The van der Waals surface area contributed by atoms with Crippen LogP contribution in [0.25, 0.3) is 0 Å². The van der Waals surface area contributed by atoms with Gasteiger partial charge in [-0.1, -0.05) is 32.5 Å². The van der Waals surface area contributed by atoms with Crippen LogP contribution in [-0.4, -0.2) is 9.97 Å². The standard InChI is InChI=1S/C13H20N2S/c1-9(2)8-12-14-11-7-5-3-4-6-10(11)13(16)15-12/h9H,3-8H2,1-2H3,(H,14,15,16). The zero-order valence-corrected chi connectivity index (χ0v) is 11.0. The molecule has 2 rings (SSSR count). The summed E-state index contributed by atoms with van der Waals surface area (Å²) >= 11 is 5.41. The Kier molecular flexibility index (Phi) is 3.74. The average Bonchev–Trinajstić information content (AvgIpc) is 2.41. The Balaban J connectivity index is 2.36. The fraction of sp³-hybridized carbons (Fsp3) is 0.692. The molecule has 1 aromatic rings. The number of rotatable bonds is 2. The van der Waals surface area contributed by atoms with Crippen LogP contribution in [0.5, 0.6) is 0 Å². The van der Waals surface area contributed by atoms with Crippen molar-refractivity contribution in [3.05, 3.63) is 21.7 Å². The number of nitrogens with one attached hydrogen (secondary N) is 1. The van der Waals surface area contributed by atoms with E-state index in [4.69, 9.17) is 12.2 Å². The molecule has 0 aliphatic heterocycles. The van der Waals surface area contributed by atoms with Crippen molar-refractivity contribution >= 4 is 12.2 Å². The van der Waals surface area contributed by atoms with Gasteiger partial charge >= 0.3 is 0 Å². The molecule has 3 heteroatoms. The van der Waals surface area contributed by atoms with Crippen LogP contribution in [0.4, 0.5) is 0 Å². The van der Waals surface area contributed by atoms with E-state index in [1.54, 1.807) is 0 Å². The van der Waals surface area contributed by atoms with Crippen molar-refractivity contribution in [2.45, 2.75) is 52.4 Å². The van der Waals surface area contributed by atoms with Crippen molar-refractivity contribution < 1.29 is 0 Å². The first-order valence-electron chi connectivity index (χ1n) is 6.27. The number of H-pyrrole nitrogens is 1. The minimum atomic E-state index is 0.627. The Morgan fingerprint density at radius 3 is 2.75 bits per heavy atom. The summed E-state index contributed by atoms with van der Waals surface area (Å²) in [6, 6.07) is 0. The maximum atomic E-state index is 5.41. The first-order valence-corrected chi connectivity index (χ1v) is 6.68. The van der Waals surface area contributed by atoms with Crippen LogP contribution in [0.3, 0.4) is 0 Å². The van der Waals surface area contributed by atoms with E-state index in [9.17, 15) is 0 Å². The zero-order chi connectivity index (χ0) is 11.5. The Morgan fingerprint density at radius 2 is 2.00 bits per heavy atom. The molecule has 0 radical (unpaired) electrons. The van der Waals surface area contributed by atoms with Crippen LogP contribution in [-0.2, 0) is 19.3 Å². The second-order valence-electron chi connectivity index (χ2n) is 5.10. The summed E-state index contributed by atoms with van der Waals surface area (Å²) in [5.74, 6) is 1.70. The van der Waals surface area contributed by atoms with Gasteiger partial charge in [0.25, 0.3) is 0 Å². The van der Waals surface area contributed by atoms with Gasteiger partial charge in [0.2, 0.25) is 0 Å². The van der Waals surface area contributed by atoms with Gasteiger partial charge in [-0.05, 0) is 31.6 Å². The molecule has 16 heavy (non-hydrogen) atoms. The summed E-state index contributed by atoms with van der Waals surface area (Å²) in [4.78, 5) is 8.03. The molecular weight excluding hydrogens is 216 g/mol. The lowest BCUT2D eigenvalue weighted by Crippen LogP contribution is -2.07. The fourth-order valence-electron chi connectivity index (χ4n) is 2.33. The fourth-order valence-corrected chi connectivity index (χ4v) is 2.67. The second-order valence-corrected chi connectivity index (χ2v) is 5.49. The molecule has 0 saturated carbocycles. The van der Waals surface area contributed by atoms with Crippen LogP contribution in [0.15, 0.2) is 0 Å². The van der Waals surface area contributed by atoms with Crippen molar-refractivity contribution in [3.8, 4) is 0 Å². The van der Waals surface area contributed by atoms with E-state index in [1.165, 1.54) is 30.5 Å². The zero-order valence-electron chi connectivity index (χ0n) is 10.2. The molecule has 1 N–H and O–H groups in total. The monoisotopic (exact) mass is 236 g/mol. The third-order valence-electron chi connectivity index (χ3n) is 3.11. The summed E-state index contributed by atoms with van der Waals surface area (Å²) < 4.78 is 0.839. The highest BCUT2D eigenvalue weighted by atomic mass is 32.1. The average molecular weight is 236 g/mol. The van der Waals surface area contributed by atoms with Gasteiger partial charge < -0.3 is 4.98 Å². The smallest absolute Gasteiger partial charge is 0.133 e. The predicted octanol–water partition coefficient (Wildman–Crippen LogP) is 3.61. The SMILES string of the molecule is CC(C)Cc1nc(=S)c2c([nH]1)CCCCC2. The van der Waals surface area contributed by atoms with Crippen LogP contribution >= 0.6 is 12.2 Å². The molecule has 0 amide bonds. The summed E-state index contributed by atoms with van der Waals surface area (Å²) in [6.07, 6.45) is 7.11.